The minimum atomic E-state index is -0.386. The molecular weight excluding hydrogens is 378 g/mol. The van der Waals surface area contributed by atoms with Crippen LogP contribution in [0.1, 0.15) is 33.6 Å². The van der Waals surface area contributed by atoms with Crippen LogP contribution in [0.4, 0.5) is 11.4 Å². The summed E-state index contributed by atoms with van der Waals surface area (Å²) in [5.74, 6) is 0.0518. The van der Waals surface area contributed by atoms with Crippen LogP contribution in [-0.2, 0) is 14.3 Å². The van der Waals surface area contributed by atoms with Crippen LogP contribution < -0.4 is 10.2 Å². The molecule has 0 atom stereocenters. The highest BCUT2D eigenvalue weighted by Crippen LogP contribution is 2.31. The lowest BCUT2D eigenvalue weighted by Gasteiger charge is -2.35. The predicted octanol–water partition coefficient (Wildman–Crippen LogP) is 3.40. The van der Waals surface area contributed by atoms with E-state index in [2.05, 4.69) is 10.2 Å². The maximum Gasteiger partial charge on any atom is 0.227 e. The number of nitrogens with zero attached hydrogens (tertiary/aromatic N) is 2. The average Bonchev–Trinajstić information content (AvgIpc) is 2.67. The molecule has 0 saturated carbocycles. The topological polar surface area (TPSA) is 61.9 Å². The molecule has 0 bridgehead atoms. The molecule has 154 valence electrons. The summed E-state index contributed by atoms with van der Waals surface area (Å²) in [6, 6.07) is 5.61. The average molecular weight is 408 g/mol. The molecule has 0 aromatic heterocycles. The van der Waals surface area contributed by atoms with Crippen molar-refractivity contribution in [2.45, 2.75) is 33.6 Å². The highest BCUT2D eigenvalue weighted by molar-refractivity contribution is 6.31. The fraction of sp³-hybridized carbons (Fsp3) is 0.619. The summed E-state index contributed by atoms with van der Waals surface area (Å²) in [5, 5.41) is 3.68. The number of rotatable bonds is 3. The van der Waals surface area contributed by atoms with Crippen molar-refractivity contribution < 1.29 is 14.3 Å². The van der Waals surface area contributed by atoms with Crippen molar-refractivity contribution in [3.63, 3.8) is 0 Å². The first kappa shape index (κ1) is 20.9. The van der Waals surface area contributed by atoms with Gasteiger partial charge in [-0.1, -0.05) is 32.4 Å². The first-order valence-corrected chi connectivity index (χ1v) is 10.4. The van der Waals surface area contributed by atoms with Crippen LogP contribution in [0.2, 0.25) is 5.02 Å². The highest BCUT2D eigenvalue weighted by Gasteiger charge is 2.32. The second-order valence-corrected chi connectivity index (χ2v) is 9.00. The number of piperidine rings is 1. The van der Waals surface area contributed by atoms with Gasteiger partial charge in [-0.25, -0.2) is 0 Å². The zero-order valence-electron chi connectivity index (χ0n) is 17.0. The van der Waals surface area contributed by atoms with Crippen LogP contribution in [0, 0.1) is 11.3 Å². The molecule has 0 aliphatic carbocycles. The van der Waals surface area contributed by atoms with Crippen molar-refractivity contribution >= 4 is 34.8 Å². The summed E-state index contributed by atoms with van der Waals surface area (Å²) in [6.45, 7) is 9.98. The Labute approximate surface area is 172 Å². The smallest absolute Gasteiger partial charge is 0.227 e. The van der Waals surface area contributed by atoms with Gasteiger partial charge in [0, 0.05) is 42.5 Å². The lowest BCUT2D eigenvalue weighted by atomic mass is 9.90. The zero-order valence-corrected chi connectivity index (χ0v) is 17.7. The molecule has 2 amide bonds. The van der Waals surface area contributed by atoms with Crippen molar-refractivity contribution in [2.75, 3.05) is 49.6 Å². The van der Waals surface area contributed by atoms with E-state index in [-0.39, 0.29) is 23.1 Å². The molecule has 3 rings (SSSR count). The third-order valence-corrected chi connectivity index (χ3v) is 5.60. The lowest BCUT2D eigenvalue weighted by Crippen LogP contribution is -2.45. The van der Waals surface area contributed by atoms with Crippen LogP contribution in [0.15, 0.2) is 18.2 Å². The van der Waals surface area contributed by atoms with Gasteiger partial charge in [0.05, 0.1) is 24.6 Å². The fourth-order valence-corrected chi connectivity index (χ4v) is 3.91. The number of likely N-dealkylation sites (tertiary alicyclic amines) is 1. The number of carbonyl (C=O) groups is 2. The summed E-state index contributed by atoms with van der Waals surface area (Å²) in [6.07, 6.45) is 1.36. The van der Waals surface area contributed by atoms with E-state index in [0.29, 0.717) is 44.2 Å². The number of hydrogen-bond donors (Lipinski definition) is 1. The molecule has 1 aromatic rings. The van der Waals surface area contributed by atoms with Crippen LogP contribution in [-0.4, -0.2) is 56.1 Å². The van der Waals surface area contributed by atoms with Crippen molar-refractivity contribution in [3.8, 4) is 0 Å². The van der Waals surface area contributed by atoms with Gasteiger partial charge in [-0.05, 0) is 31.0 Å². The molecule has 1 aromatic carbocycles. The van der Waals surface area contributed by atoms with Crippen molar-refractivity contribution in [3.05, 3.63) is 23.2 Å². The van der Waals surface area contributed by atoms with E-state index in [0.717, 1.165) is 24.5 Å². The number of benzene rings is 1. The molecule has 2 aliphatic rings. The standard InChI is InChI=1S/C21H30ClN3O3/c1-21(2,3)20(27)25-8-6-15(7-9-25)19(26)23-17-14-16(22)4-5-18(17)24-10-12-28-13-11-24/h4-5,14-15H,6-13H2,1-3H3,(H,23,26). The summed E-state index contributed by atoms with van der Waals surface area (Å²) >= 11 is 6.18. The number of nitrogens with one attached hydrogen (secondary N) is 1. The Morgan fingerprint density at radius 1 is 1.11 bits per heavy atom. The van der Waals surface area contributed by atoms with Gasteiger partial charge in [0.1, 0.15) is 0 Å². The first-order chi connectivity index (χ1) is 13.3. The number of anilines is 2. The zero-order chi connectivity index (χ0) is 20.3. The Kier molecular flexibility index (Phi) is 6.50. The summed E-state index contributed by atoms with van der Waals surface area (Å²) in [5.41, 5.74) is 1.33. The molecule has 0 unspecified atom stereocenters. The van der Waals surface area contributed by atoms with Crippen LogP contribution in [0.25, 0.3) is 0 Å². The van der Waals surface area contributed by atoms with Gasteiger partial charge in [-0.2, -0.15) is 0 Å². The summed E-state index contributed by atoms with van der Waals surface area (Å²) in [7, 11) is 0. The van der Waals surface area contributed by atoms with Gasteiger partial charge < -0.3 is 19.9 Å². The second-order valence-electron chi connectivity index (χ2n) is 8.57. The Bertz CT molecular complexity index is 718. The normalized spacial score (nSPS) is 18.9. The van der Waals surface area contributed by atoms with E-state index in [4.69, 9.17) is 16.3 Å². The molecule has 7 heteroatoms. The molecule has 2 aliphatic heterocycles. The van der Waals surface area contributed by atoms with Crippen LogP contribution in [0.5, 0.6) is 0 Å². The molecule has 28 heavy (non-hydrogen) atoms. The Morgan fingerprint density at radius 3 is 2.36 bits per heavy atom. The van der Waals surface area contributed by atoms with Gasteiger partial charge in [-0.3, -0.25) is 9.59 Å². The SMILES string of the molecule is CC(C)(C)C(=O)N1CCC(C(=O)Nc2cc(Cl)ccc2N2CCOCC2)CC1. The van der Waals surface area contributed by atoms with Gasteiger partial charge in [0.15, 0.2) is 0 Å². The predicted molar refractivity (Wildman–Crippen MR) is 112 cm³/mol. The summed E-state index contributed by atoms with van der Waals surface area (Å²) in [4.78, 5) is 29.4. The number of carbonyl (C=O) groups excluding carboxylic acids is 2. The molecule has 2 heterocycles. The third-order valence-electron chi connectivity index (χ3n) is 5.36. The van der Waals surface area contributed by atoms with E-state index in [9.17, 15) is 9.59 Å². The lowest BCUT2D eigenvalue weighted by molar-refractivity contribution is -0.142. The van der Waals surface area contributed by atoms with Gasteiger partial charge in [-0.15, -0.1) is 0 Å². The molecule has 2 saturated heterocycles. The minimum absolute atomic E-state index is 0.000339. The number of amides is 2. The molecular formula is C21H30ClN3O3. The van der Waals surface area contributed by atoms with E-state index >= 15 is 0 Å². The molecule has 1 N–H and O–H groups in total. The Hall–Kier alpha value is -1.79. The minimum Gasteiger partial charge on any atom is -0.378 e. The monoisotopic (exact) mass is 407 g/mol. The van der Waals surface area contributed by atoms with E-state index in [1.165, 1.54) is 0 Å². The highest BCUT2D eigenvalue weighted by atomic mass is 35.5. The molecule has 0 spiro atoms. The molecule has 6 nitrogen and oxygen atoms in total. The van der Waals surface area contributed by atoms with E-state index in [1.807, 2.05) is 43.9 Å². The van der Waals surface area contributed by atoms with Crippen molar-refractivity contribution in [1.82, 2.24) is 4.90 Å². The number of hydrogen-bond acceptors (Lipinski definition) is 4. The first-order valence-electron chi connectivity index (χ1n) is 9.98. The largest absolute Gasteiger partial charge is 0.378 e. The van der Waals surface area contributed by atoms with Gasteiger partial charge in [0.25, 0.3) is 0 Å². The maximum absolute atomic E-state index is 12.9. The fourth-order valence-electron chi connectivity index (χ4n) is 3.74. The Balaban J connectivity index is 1.64. The van der Waals surface area contributed by atoms with Gasteiger partial charge in [0.2, 0.25) is 11.8 Å². The van der Waals surface area contributed by atoms with Gasteiger partial charge >= 0.3 is 0 Å². The molecule has 2 fully saturated rings. The second kappa shape index (κ2) is 8.70. The van der Waals surface area contributed by atoms with Crippen molar-refractivity contribution in [1.29, 1.82) is 0 Å². The quantitative estimate of drug-likeness (QED) is 0.834. The number of morpholine rings is 1. The van der Waals surface area contributed by atoms with Crippen LogP contribution >= 0.6 is 11.6 Å². The number of halogens is 1. The van der Waals surface area contributed by atoms with E-state index in [1.54, 1.807) is 0 Å². The number of ether oxygens (including phenoxy) is 1. The Morgan fingerprint density at radius 2 is 1.75 bits per heavy atom. The maximum atomic E-state index is 12.9. The van der Waals surface area contributed by atoms with E-state index < -0.39 is 0 Å². The van der Waals surface area contributed by atoms with Crippen molar-refractivity contribution in [2.24, 2.45) is 11.3 Å². The third kappa shape index (κ3) is 4.97. The van der Waals surface area contributed by atoms with Crippen LogP contribution in [0.3, 0.4) is 0 Å². The summed E-state index contributed by atoms with van der Waals surface area (Å²) < 4.78 is 5.43. The molecule has 0 radical (unpaired) electrons.